The third kappa shape index (κ3) is 1.37. The Kier molecular flexibility index (Phi) is 2.17. The Labute approximate surface area is 83.1 Å². The monoisotopic (exact) mass is 194 g/mol. The van der Waals surface area contributed by atoms with Gasteiger partial charge in [0.05, 0.1) is 5.41 Å². The van der Waals surface area contributed by atoms with E-state index in [9.17, 15) is 9.59 Å². The molecular weight excluding hydrogens is 180 g/mol. The van der Waals surface area contributed by atoms with Gasteiger partial charge in [-0.1, -0.05) is 12.2 Å². The summed E-state index contributed by atoms with van der Waals surface area (Å²) < 4.78 is 4.97. The summed E-state index contributed by atoms with van der Waals surface area (Å²) in [5.74, 6) is 0.489. The lowest BCUT2D eigenvalue weighted by Gasteiger charge is -2.28. The smallest absolute Gasteiger partial charge is 0.302 e. The van der Waals surface area contributed by atoms with Gasteiger partial charge < -0.3 is 9.53 Å². The molecule has 0 heterocycles. The summed E-state index contributed by atoms with van der Waals surface area (Å²) in [7, 11) is 0. The number of allylic oxidation sites excluding steroid dienone is 2. The van der Waals surface area contributed by atoms with Gasteiger partial charge in [0, 0.05) is 6.92 Å². The average Bonchev–Trinajstić information content (AvgIpc) is 2.74. The van der Waals surface area contributed by atoms with Gasteiger partial charge in [-0.2, -0.15) is 0 Å². The van der Waals surface area contributed by atoms with Crippen LogP contribution in [0.15, 0.2) is 12.2 Å². The summed E-state index contributed by atoms with van der Waals surface area (Å²) in [5.41, 5.74) is -0.426. The second-order valence-electron chi connectivity index (χ2n) is 4.32. The van der Waals surface area contributed by atoms with E-state index in [4.69, 9.17) is 4.74 Å². The highest BCUT2D eigenvalue weighted by atomic mass is 16.5. The third-order valence-electron chi connectivity index (χ3n) is 3.33. The SMILES string of the molecule is CC(=O)OCC1(C=O)CC2C=CC1C2. The molecule has 0 amide bonds. The molecule has 0 saturated heterocycles. The maximum Gasteiger partial charge on any atom is 0.302 e. The third-order valence-corrected chi connectivity index (χ3v) is 3.33. The summed E-state index contributed by atoms with van der Waals surface area (Å²) in [6.07, 6.45) is 7.11. The van der Waals surface area contributed by atoms with Crippen molar-refractivity contribution < 1.29 is 14.3 Å². The molecule has 1 saturated carbocycles. The Morgan fingerprint density at radius 3 is 2.86 bits per heavy atom. The van der Waals surface area contributed by atoms with Gasteiger partial charge in [0.1, 0.15) is 12.9 Å². The minimum absolute atomic E-state index is 0.247. The predicted octanol–water partition coefficient (Wildman–Crippen LogP) is 1.33. The molecule has 1 fully saturated rings. The Morgan fingerprint density at radius 1 is 1.64 bits per heavy atom. The standard InChI is InChI=1S/C11H14O3/c1-8(13)14-7-11(6-12)5-9-2-3-10(11)4-9/h2-3,6,9-10H,4-5,7H2,1H3. The van der Waals surface area contributed by atoms with Gasteiger partial charge in [0.15, 0.2) is 0 Å². The van der Waals surface area contributed by atoms with Crippen LogP contribution in [0.3, 0.4) is 0 Å². The van der Waals surface area contributed by atoms with Crippen LogP contribution < -0.4 is 0 Å². The van der Waals surface area contributed by atoms with Crippen molar-refractivity contribution in [2.75, 3.05) is 6.61 Å². The van der Waals surface area contributed by atoms with Crippen molar-refractivity contribution in [2.24, 2.45) is 17.3 Å². The van der Waals surface area contributed by atoms with E-state index < -0.39 is 5.41 Å². The first kappa shape index (κ1) is 9.44. The van der Waals surface area contributed by atoms with Crippen molar-refractivity contribution in [2.45, 2.75) is 19.8 Å². The molecule has 2 bridgehead atoms. The molecule has 3 atom stereocenters. The summed E-state index contributed by atoms with van der Waals surface area (Å²) in [6.45, 7) is 1.62. The molecule has 0 N–H and O–H groups in total. The molecule has 2 aliphatic rings. The van der Waals surface area contributed by atoms with Crippen LogP contribution in [-0.2, 0) is 14.3 Å². The second-order valence-corrected chi connectivity index (χ2v) is 4.32. The Morgan fingerprint density at radius 2 is 2.43 bits per heavy atom. The first-order valence-corrected chi connectivity index (χ1v) is 4.94. The largest absolute Gasteiger partial charge is 0.465 e. The van der Waals surface area contributed by atoms with Crippen LogP contribution in [0.1, 0.15) is 19.8 Å². The molecule has 0 radical (unpaired) electrons. The number of carbonyl (C=O) groups excluding carboxylic acids is 2. The van der Waals surface area contributed by atoms with Crippen LogP contribution in [0.5, 0.6) is 0 Å². The van der Waals surface area contributed by atoms with E-state index in [2.05, 4.69) is 12.2 Å². The van der Waals surface area contributed by atoms with Crippen molar-refractivity contribution in [3.63, 3.8) is 0 Å². The van der Waals surface area contributed by atoms with E-state index in [1.54, 1.807) is 0 Å². The van der Waals surface area contributed by atoms with E-state index in [-0.39, 0.29) is 18.5 Å². The highest BCUT2D eigenvalue weighted by Crippen LogP contribution is 2.51. The minimum atomic E-state index is -0.426. The van der Waals surface area contributed by atoms with Crippen molar-refractivity contribution in [1.29, 1.82) is 0 Å². The van der Waals surface area contributed by atoms with Crippen LogP contribution in [0, 0.1) is 17.3 Å². The number of hydrogen-bond donors (Lipinski definition) is 0. The van der Waals surface area contributed by atoms with E-state index in [1.165, 1.54) is 6.92 Å². The first-order chi connectivity index (χ1) is 6.66. The van der Waals surface area contributed by atoms with Crippen molar-refractivity contribution in [3.05, 3.63) is 12.2 Å². The van der Waals surface area contributed by atoms with E-state index >= 15 is 0 Å². The number of carbonyl (C=O) groups is 2. The fourth-order valence-electron chi connectivity index (χ4n) is 2.56. The number of esters is 1. The van der Waals surface area contributed by atoms with Crippen molar-refractivity contribution in [3.8, 4) is 0 Å². The molecule has 76 valence electrons. The van der Waals surface area contributed by atoms with Gasteiger partial charge in [-0.3, -0.25) is 4.79 Å². The van der Waals surface area contributed by atoms with Crippen LogP contribution in [0.25, 0.3) is 0 Å². The lowest BCUT2D eigenvalue weighted by atomic mass is 9.78. The molecular formula is C11H14O3. The lowest BCUT2D eigenvalue weighted by Crippen LogP contribution is -2.33. The number of aldehydes is 1. The normalized spacial score (nSPS) is 38.6. The zero-order chi connectivity index (χ0) is 10.2. The quantitative estimate of drug-likeness (QED) is 0.387. The van der Waals surface area contributed by atoms with Crippen LogP contribution >= 0.6 is 0 Å². The number of fused-ring (bicyclic) bond motifs is 2. The maximum atomic E-state index is 11.1. The summed E-state index contributed by atoms with van der Waals surface area (Å²) in [6, 6.07) is 0. The number of ether oxygens (including phenoxy) is 1. The minimum Gasteiger partial charge on any atom is -0.465 e. The topological polar surface area (TPSA) is 43.4 Å². The average molecular weight is 194 g/mol. The lowest BCUT2D eigenvalue weighted by molar-refractivity contribution is -0.146. The Bertz CT molecular complexity index is 295. The van der Waals surface area contributed by atoms with E-state index in [0.29, 0.717) is 5.92 Å². The van der Waals surface area contributed by atoms with Crippen LogP contribution in [0.2, 0.25) is 0 Å². The fraction of sp³-hybridized carbons (Fsp3) is 0.636. The zero-order valence-electron chi connectivity index (χ0n) is 8.23. The molecule has 2 aliphatic carbocycles. The molecule has 0 aliphatic heterocycles. The summed E-state index contributed by atoms with van der Waals surface area (Å²) in [5, 5.41) is 0. The predicted molar refractivity (Wildman–Crippen MR) is 50.5 cm³/mol. The molecule has 2 rings (SSSR count). The molecule has 3 nitrogen and oxygen atoms in total. The van der Waals surface area contributed by atoms with Crippen LogP contribution in [-0.4, -0.2) is 18.9 Å². The first-order valence-electron chi connectivity index (χ1n) is 4.94. The van der Waals surface area contributed by atoms with Crippen molar-refractivity contribution >= 4 is 12.3 Å². The van der Waals surface area contributed by atoms with Gasteiger partial charge >= 0.3 is 5.97 Å². The van der Waals surface area contributed by atoms with E-state index in [0.717, 1.165) is 19.1 Å². The zero-order valence-corrected chi connectivity index (χ0v) is 8.23. The highest BCUT2D eigenvalue weighted by molar-refractivity contribution is 5.68. The fourth-order valence-corrected chi connectivity index (χ4v) is 2.56. The van der Waals surface area contributed by atoms with Gasteiger partial charge in [0.2, 0.25) is 0 Å². The van der Waals surface area contributed by atoms with Gasteiger partial charge in [0.25, 0.3) is 0 Å². The number of rotatable bonds is 3. The van der Waals surface area contributed by atoms with Crippen LogP contribution in [0.4, 0.5) is 0 Å². The van der Waals surface area contributed by atoms with Gasteiger partial charge in [-0.25, -0.2) is 0 Å². The second kappa shape index (κ2) is 3.23. The molecule has 0 aromatic carbocycles. The van der Waals surface area contributed by atoms with Crippen molar-refractivity contribution in [1.82, 2.24) is 0 Å². The molecule has 0 aromatic rings. The molecule has 3 unspecified atom stereocenters. The summed E-state index contributed by atoms with van der Waals surface area (Å²) in [4.78, 5) is 21.8. The van der Waals surface area contributed by atoms with E-state index in [1.807, 2.05) is 0 Å². The number of hydrogen-bond acceptors (Lipinski definition) is 3. The molecule has 3 heteroatoms. The maximum absolute atomic E-state index is 11.1. The highest BCUT2D eigenvalue weighted by Gasteiger charge is 2.49. The van der Waals surface area contributed by atoms with Gasteiger partial charge in [-0.15, -0.1) is 0 Å². The van der Waals surface area contributed by atoms with Gasteiger partial charge in [-0.05, 0) is 24.7 Å². The Balaban J connectivity index is 2.08. The Hall–Kier alpha value is -1.12. The molecule has 14 heavy (non-hydrogen) atoms. The summed E-state index contributed by atoms with van der Waals surface area (Å²) >= 11 is 0. The molecule has 0 spiro atoms. The molecule has 0 aromatic heterocycles.